The number of nitrogens with zero attached hydrogens (tertiary/aromatic N) is 3. The van der Waals surface area contributed by atoms with Gasteiger partial charge in [0.2, 0.25) is 0 Å². The fraction of sp³-hybridized carbons (Fsp3) is 0.750. The van der Waals surface area contributed by atoms with E-state index in [1.165, 1.54) is 5.69 Å². The van der Waals surface area contributed by atoms with Crippen molar-refractivity contribution in [1.29, 1.82) is 0 Å². The van der Waals surface area contributed by atoms with E-state index >= 15 is 0 Å². The summed E-state index contributed by atoms with van der Waals surface area (Å²) in [5, 5.41) is 4.23. The summed E-state index contributed by atoms with van der Waals surface area (Å²) in [5.74, 6) is 0.587. The molecule has 0 aliphatic carbocycles. The van der Waals surface area contributed by atoms with Gasteiger partial charge in [0.25, 0.3) is 0 Å². The first-order valence-electron chi connectivity index (χ1n) is 6.07. The number of likely N-dealkylation sites (tertiary alicyclic amines) is 1. The molecule has 0 amide bonds. The summed E-state index contributed by atoms with van der Waals surface area (Å²) in [5.41, 5.74) is 7.33. The summed E-state index contributed by atoms with van der Waals surface area (Å²) in [6.07, 6.45) is 2.97. The smallest absolute Gasteiger partial charge is 0.0549 e. The van der Waals surface area contributed by atoms with Crippen LogP contribution >= 0.6 is 0 Å². The minimum absolute atomic E-state index is 0.370. The van der Waals surface area contributed by atoms with Gasteiger partial charge in [-0.25, -0.2) is 0 Å². The second-order valence-corrected chi connectivity index (χ2v) is 4.98. The van der Waals surface area contributed by atoms with Gasteiger partial charge in [0.05, 0.1) is 5.69 Å². The Hall–Kier alpha value is -0.870. The van der Waals surface area contributed by atoms with Gasteiger partial charge in [-0.15, -0.1) is 0 Å². The van der Waals surface area contributed by atoms with Crippen molar-refractivity contribution in [3.63, 3.8) is 0 Å². The molecule has 3 atom stereocenters. The maximum Gasteiger partial charge on any atom is 0.0549 e. The molecule has 1 aromatic heterocycles. The monoisotopic (exact) mass is 222 g/mol. The Morgan fingerprint density at radius 2 is 2.31 bits per heavy atom. The summed E-state index contributed by atoms with van der Waals surface area (Å²) in [6.45, 7) is 6.68. The molecule has 1 aliphatic heterocycles. The molecule has 4 heteroatoms. The number of aromatic nitrogens is 2. The van der Waals surface area contributed by atoms with Crippen molar-refractivity contribution < 1.29 is 0 Å². The topological polar surface area (TPSA) is 47.1 Å². The van der Waals surface area contributed by atoms with Crippen LogP contribution in [0.4, 0.5) is 0 Å². The number of hydrogen-bond donors (Lipinski definition) is 1. The predicted octanol–water partition coefficient (Wildman–Crippen LogP) is 1.15. The van der Waals surface area contributed by atoms with Crippen LogP contribution in [0.1, 0.15) is 32.0 Å². The van der Waals surface area contributed by atoms with Crippen LogP contribution in [0, 0.1) is 5.92 Å². The highest BCUT2D eigenvalue weighted by atomic mass is 15.3. The first kappa shape index (κ1) is 11.6. The molecule has 1 aromatic rings. The van der Waals surface area contributed by atoms with Crippen LogP contribution in [0.25, 0.3) is 0 Å². The molecule has 0 aromatic carbocycles. The molecule has 90 valence electrons. The van der Waals surface area contributed by atoms with Crippen molar-refractivity contribution in [3.8, 4) is 0 Å². The maximum absolute atomic E-state index is 6.04. The van der Waals surface area contributed by atoms with Crippen molar-refractivity contribution in [2.75, 3.05) is 13.1 Å². The fourth-order valence-electron chi connectivity index (χ4n) is 2.53. The summed E-state index contributed by atoms with van der Waals surface area (Å²) >= 11 is 0. The van der Waals surface area contributed by atoms with E-state index < -0.39 is 0 Å². The van der Waals surface area contributed by atoms with E-state index in [1.54, 1.807) is 0 Å². The summed E-state index contributed by atoms with van der Waals surface area (Å²) in [4.78, 5) is 2.50. The zero-order valence-corrected chi connectivity index (χ0v) is 10.4. The van der Waals surface area contributed by atoms with Gasteiger partial charge in [0.15, 0.2) is 0 Å². The Balaban J connectivity index is 2.06. The highest BCUT2D eigenvalue weighted by Gasteiger charge is 2.27. The molecule has 1 saturated heterocycles. The standard InChI is InChI=1S/C12H22N4/c1-9-8-16(7-5-11(9)13)10(2)12-4-6-14-15(12)3/h4,6,9-11H,5,7-8,13H2,1-3H3. The van der Waals surface area contributed by atoms with Gasteiger partial charge >= 0.3 is 0 Å². The number of hydrogen-bond acceptors (Lipinski definition) is 3. The number of aryl methyl sites for hydroxylation is 1. The highest BCUT2D eigenvalue weighted by molar-refractivity contribution is 5.06. The van der Waals surface area contributed by atoms with Gasteiger partial charge in [0.1, 0.15) is 0 Å². The number of rotatable bonds is 2. The quantitative estimate of drug-likeness (QED) is 0.816. The van der Waals surface area contributed by atoms with Crippen LogP contribution in [-0.4, -0.2) is 33.8 Å². The van der Waals surface area contributed by atoms with E-state index in [-0.39, 0.29) is 0 Å². The van der Waals surface area contributed by atoms with E-state index in [9.17, 15) is 0 Å². The molecule has 16 heavy (non-hydrogen) atoms. The third kappa shape index (κ3) is 2.13. The lowest BCUT2D eigenvalue weighted by Crippen LogP contribution is -2.46. The number of piperidine rings is 1. The Kier molecular flexibility index (Phi) is 3.30. The first-order chi connectivity index (χ1) is 7.59. The molecule has 0 radical (unpaired) electrons. The van der Waals surface area contributed by atoms with Gasteiger partial charge in [-0.05, 0) is 25.3 Å². The molecule has 3 unspecified atom stereocenters. The third-order valence-electron chi connectivity index (χ3n) is 3.84. The molecule has 1 fully saturated rings. The molecule has 0 spiro atoms. The van der Waals surface area contributed by atoms with Crippen molar-refractivity contribution in [2.24, 2.45) is 18.7 Å². The molecule has 0 bridgehead atoms. The molecule has 2 heterocycles. The van der Waals surface area contributed by atoms with E-state index in [2.05, 4.69) is 29.9 Å². The van der Waals surface area contributed by atoms with Crippen molar-refractivity contribution in [3.05, 3.63) is 18.0 Å². The summed E-state index contributed by atoms with van der Waals surface area (Å²) < 4.78 is 1.96. The van der Waals surface area contributed by atoms with Crippen molar-refractivity contribution in [1.82, 2.24) is 14.7 Å². The Morgan fingerprint density at radius 3 is 2.88 bits per heavy atom. The van der Waals surface area contributed by atoms with Gasteiger partial charge in [0, 0.05) is 38.4 Å². The van der Waals surface area contributed by atoms with Crippen LogP contribution in [0.5, 0.6) is 0 Å². The normalized spacial score (nSPS) is 29.2. The van der Waals surface area contributed by atoms with E-state index in [0.717, 1.165) is 19.5 Å². The minimum Gasteiger partial charge on any atom is -0.327 e. The first-order valence-corrected chi connectivity index (χ1v) is 6.07. The van der Waals surface area contributed by atoms with Crippen LogP contribution in [0.2, 0.25) is 0 Å². The largest absolute Gasteiger partial charge is 0.327 e. The Labute approximate surface area is 97.4 Å². The Bertz CT molecular complexity index is 347. The lowest BCUT2D eigenvalue weighted by atomic mass is 9.93. The maximum atomic E-state index is 6.04. The van der Waals surface area contributed by atoms with Crippen LogP contribution < -0.4 is 5.73 Å². The second kappa shape index (κ2) is 4.55. The van der Waals surface area contributed by atoms with E-state index in [4.69, 9.17) is 5.73 Å². The summed E-state index contributed by atoms with van der Waals surface area (Å²) in [7, 11) is 2.00. The van der Waals surface area contributed by atoms with Gasteiger partial charge < -0.3 is 5.73 Å². The second-order valence-electron chi connectivity index (χ2n) is 4.98. The van der Waals surface area contributed by atoms with Gasteiger partial charge in [-0.2, -0.15) is 5.10 Å². The fourth-order valence-corrected chi connectivity index (χ4v) is 2.53. The minimum atomic E-state index is 0.370. The molecule has 4 nitrogen and oxygen atoms in total. The van der Waals surface area contributed by atoms with Crippen LogP contribution in [0.15, 0.2) is 12.3 Å². The van der Waals surface area contributed by atoms with Crippen molar-refractivity contribution in [2.45, 2.75) is 32.4 Å². The van der Waals surface area contributed by atoms with E-state index in [0.29, 0.717) is 18.0 Å². The highest BCUT2D eigenvalue weighted by Crippen LogP contribution is 2.25. The average Bonchev–Trinajstić information content (AvgIpc) is 2.67. The average molecular weight is 222 g/mol. The van der Waals surface area contributed by atoms with Gasteiger partial charge in [-0.3, -0.25) is 9.58 Å². The van der Waals surface area contributed by atoms with Gasteiger partial charge in [-0.1, -0.05) is 6.92 Å². The predicted molar refractivity (Wildman–Crippen MR) is 65.0 cm³/mol. The Morgan fingerprint density at radius 1 is 1.56 bits per heavy atom. The molecule has 2 N–H and O–H groups in total. The van der Waals surface area contributed by atoms with Crippen LogP contribution in [0.3, 0.4) is 0 Å². The van der Waals surface area contributed by atoms with E-state index in [1.807, 2.05) is 17.9 Å². The molecule has 2 rings (SSSR count). The lowest BCUT2D eigenvalue weighted by Gasteiger charge is -2.38. The van der Waals surface area contributed by atoms with Crippen LogP contribution in [-0.2, 0) is 7.05 Å². The number of nitrogens with two attached hydrogens (primary N) is 1. The zero-order valence-electron chi connectivity index (χ0n) is 10.4. The van der Waals surface area contributed by atoms with Crippen molar-refractivity contribution >= 4 is 0 Å². The molecule has 1 aliphatic rings. The summed E-state index contributed by atoms with van der Waals surface area (Å²) in [6, 6.07) is 2.90. The third-order valence-corrected chi connectivity index (χ3v) is 3.84. The molecular weight excluding hydrogens is 200 g/mol. The zero-order chi connectivity index (χ0) is 11.7. The molecular formula is C12H22N4. The lowest BCUT2D eigenvalue weighted by molar-refractivity contribution is 0.120. The SMILES string of the molecule is CC1CN(C(C)c2ccnn2C)CCC1N. The molecule has 0 saturated carbocycles.